The first kappa shape index (κ1) is 36.8. The molecule has 8 heteroatoms. The van der Waals surface area contributed by atoms with Crippen LogP contribution < -0.4 is 0 Å². The summed E-state index contributed by atoms with van der Waals surface area (Å²) < 4.78 is 22.3. The summed E-state index contributed by atoms with van der Waals surface area (Å²) in [6, 6.07) is 0. The molecule has 6 nitrogen and oxygen atoms in total. The van der Waals surface area contributed by atoms with Crippen molar-refractivity contribution in [3.05, 3.63) is 0 Å². The molecule has 0 saturated carbocycles. The zero-order valence-electron chi connectivity index (χ0n) is 24.1. The van der Waals surface area contributed by atoms with Crippen LogP contribution in [0.25, 0.3) is 0 Å². The lowest BCUT2D eigenvalue weighted by atomic mass is 10.1. The molecule has 220 valence electrons. The summed E-state index contributed by atoms with van der Waals surface area (Å²) in [6.45, 7) is 7.00. The Labute approximate surface area is 233 Å². The van der Waals surface area contributed by atoms with Gasteiger partial charge in [-0.3, -0.25) is 0 Å². The number of carboxylic acids is 1. The molecule has 0 fully saturated rings. The fourth-order valence-electron chi connectivity index (χ4n) is 4.30. The van der Waals surface area contributed by atoms with E-state index in [-0.39, 0.29) is 12.7 Å². The summed E-state index contributed by atoms with van der Waals surface area (Å²) in [5, 5.41) is 16.8. The predicted octanol–water partition coefficient (Wildman–Crippen LogP) is 8.37. The topological polar surface area (TPSA) is 93.1 Å². The van der Waals surface area contributed by atoms with E-state index in [1.165, 1.54) is 115 Å². The summed E-state index contributed by atoms with van der Waals surface area (Å²) >= 11 is 2.07. The van der Waals surface area contributed by atoms with Crippen molar-refractivity contribution in [2.24, 2.45) is 0 Å². The second kappa shape index (κ2) is 26.0. The van der Waals surface area contributed by atoms with Crippen molar-refractivity contribution in [2.75, 3.05) is 25.6 Å². The van der Waals surface area contributed by atoms with Gasteiger partial charge in [-0.25, -0.2) is 4.79 Å². The molecule has 37 heavy (non-hydrogen) atoms. The molecule has 0 aromatic rings. The number of aliphatic hydroxyl groups is 1. The van der Waals surface area contributed by atoms with E-state index in [9.17, 15) is 14.5 Å². The molecule has 0 saturated heterocycles. The van der Waals surface area contributed by atoms with E-state index in [0.29, 0.717) is 18.3 Å². The van der Waals surface area contributed by atoms with Gasteiger partial charge in [0.05, 0.1) is 6.10 Å². The van der Waals surface area contributed by atoms with Crippen LogP contribution in [0.15, 0.2) is 0 Å². The number of hydrogen-bond donors (Lipinski definition) is 2. The minimum atomic E-state index is -2.32. The second-order valence-corrected chi connectivity index (χ2v) is 12.8. The van der Waals surface area contributed by atoms with Gasteiger partial charge in [0.25, 0.3) is 0 Å². The SMILES string of the molecule is CCCCCCCCCCCSC(CCCCCCCCC)C(C)OCCCOCC(O)([PH+]=O)C(=O)O. The molecule has 0 radical (unpaired) electrons. The highest BCUT2D eigenvalue weighted by molar-refractivity contribution is 7.99. The first-order valence-electron chi connectivity index (χ1n) is 15.1. The minimum absolute atomic E-state index is 0.155. The normalized spacial score (nSPS) is 15.0. The highest BCUT2D eigenvalue weighted by atomic mass is 32.2. The zero-order valence-corrected chi connectivity index (χ0v) is 26.0. The van der Waals surface area contributed by atoms with Gasteiger partial charge in [0.15, 0.2) is 0 Å². The molecule has 0 aromatic carbocycles. The Morgan fingerprint density at radius 3 is 1.84 bits per heavy atom. The summed E-state index contributed by atoms with van der Waals surface area (Å²) in [5.74, 6) is -0.333. The quantitative estimate of drug-likeness (QED) is 0.0695. The van der Waals surface area contributed by atoms with Crippen LogP contribution in [0.2, 0.25) is 0 Å². The van der Waals surface area contributed by atoms with Crippen molar-refractivity contribution in [3.8, 4) is 0 Å². The van der Waals surface area contributed by atoms with E-state index < -0.39 is 26.4 Å². The van der Waals surface area contributed by atoms with Crippen LogP contribution in [0, 0.1) is 0 Å². The Morgan fingerprint density at radius 1 is 0.811 bits per heavy atom. The van der Waals surface area contributed by atoms with Crippen LogP contribution in [-0.2, 0) is 18.8 Å². The Bertz CT molecular complexity index is 539. The molecular formula is C29H58O6PS+. The van der Waals surface area contributed by atoms with E-state index in [0.717, 1.165) is 0 Å². The summed E-state index contributed by atoms with van der Waals surface area (Å²) in [5.41, 5.74) is 0. The molecule has 4 unspecified atom stereocenters. The van der Waals surface area contributed by atoms with Gasteiger partial charge in [0, 0.05) is 18.5 Å². The van der Waals surface area contributed by atoms with Crippen LogP contribution in [0.1, 0.15) is 136 Å². The van der Waals surface area contributed by atoms with Gasteiger partial charge in [0.2, 0.25) is 0 Å². The second-order valence-electron chi connectivity index (χ2n) is 10.4. The Kier molecular flexibility index (Phi) is 25.9. The van der Waals surface area contributed by atoms with Gasteiger partial charge in [-0.1, -0.05) is 115 Å². The molecule has 0 bridgehead atoms. The number of rotatable bonds is 29. The fourth-order valence-corrected chi connectivity index (χ4v) is 5.90. The number of carboxylic acid groups (broad SMARTS) is 1. The third-order valence-corrected chi connectivity index (χ3v) is 9.11. The Morgan fingerprint density at radius 2 is 1.32 bits per heavy atom. The van der Waals surface area contributed by atoms with Gasteiger partial charge >= 0.3 is 19.8 Å². The third kappa shape index (κ3) is 21.3. The molecule has 0 heterocycles. The lowest BCUT2D eigenvalue weighted by Gasteiger charge is -2.24. The minimum Gasteiger partial charge on any atom is -0.476 e. The van der Waals surface area contributed by atoms with E-state index in [2.05, 4.69) is 32.5 Å². The smallest absolute Gasteiger partial charge is 0.390 e. The van der Waals surface area contributed by atoms with Crippen molar-refractivity contribution < 1.29 is 29.0 Å². The van der Waals surface area contributed by atoms with E-state index in [1.807, 2.05) is 0 Å². The van der Waals surface area contributed by atoms with Gasteiger partial charge in [-0.15, -0.1) is 0 Å². The first-order chi connectivity index (χ1) is 17.9. The molecule has 0 spiro atoms. The maximum absolute atomic E-state index is 11.0. The maximum Gasteiger partial charge on any atom is 0.390 e. The number of aliphatic carboxylic acids is 1. The van der Waals surface area contributed by atoms with E-state index in [1.54, 1.807) is 0 Å². The van der Waals surface area contributed by atoms with Gasteiger partial charge < -0.3 is 19.7 Å². The molecule has 0 aliphatic rings. The maximum atomic E-state index is 11.0. The van der Waals surface area contributed by atoms with Gasteiger partial charge in [-0.05, 0) is 31.9 Å². The molecule has 0 amide bonds. The van der Waals surface area contributed by atoms with Gasteiger partial charge in [0.1, 0.15) is 6.61 Å². The molecule has 0 aromatic heterocycles. The van der Waals surface area contributed by atoms with Crippen molar-refractivity contribution >= 4 is 26.2 Å². The van der Waals surface area contributed by atoms with Crippen LogP contribution in [0.3, 0.4) is 0 Å². The first-order valence-corrected chi connectivity index (χ1v) is 17.0. The highest BCUT2D eigenvalue weighted by Crippen LogP contribution is 2.26. The van der Waals surface area contributed by atoms with Crippen LogP contribution in [-0.4, -0.2) is 58.5 Å². The number of thioether (sulfide) groups is 1. The summed E-state index contributed by atoms with van der Waals surface area (Å²) in [6.07, 6.45) is 23.3. The zero-order chi connectivity index (χ0) is 27.6. The molecule has 2 N–H and O–H groups in total. The molecular weight excluding hydrogens is 507 g/mol. The predicted molar refractivity (Wildman–Crippen MR) is 159 cm³/mol. The molecule has 0 aliphatic carbocycles. The fraction of sp³-hybridized carbons (Fsp3) is 0.966. The number of hydrogen-bond acceptors (Lipinski definition) is 6. The van der Waals surface area contributed by atoms with Crippen molar-refractivity contribution in [1.82, 2.24) is 0 Å². The van der Waals surface area contributed by atoms with Crippen LogP contribution in [0.4, 0.5) is 0 Å². The lowest BCUT2D eigenvalue weighted by Crippen LogP contribution is -2.37. The summed E-state index contributed by atoms with van der Waals surface area (Å²) in [4.78, 5) is 11.0. The molecule has 0 aliphatic heterocycles. The number of ether oxygens (including phenoxy) is 2. The number of carbonyl (C=O) groups is 1. The van der Waals surface area contributed by atoms with Gasteiger partial charge in [-0.2, -0.15) is 11.8 Å². The van der Waals surface area contributed by atoms with Crippen LogP contribution >= 0.6 is 20.2 Å². The summed E-state index contributed by atoms with van der Waals surface area (Å²) in [7, 11) is -1.37. The van der Waals surface area contributed by atoms with Crippen molar-refractivity contribution in [2.45, 2.75) is 153 Å². The standard InChI is InChI=1S/C29H57O6PS/c1-4-6-8-10-12-13-15-17-19-24-37-27(21-18-16-14-11-9-7-5-2)26(3)35-23-20-22-34-25-29(32,36-33)28(30)31/h26-27,32H,4-25H2,1-3H3,(H,30,31)/p+1. The highest BCUT2D eigenvalue weighted by Gasteiger charge is 2.46. The van der Waals surface area contributed by atoms with E-state index >= 15 is 0 Å². The lowest BCUT2D eigenvalue weighted by molar-refractivity contribution is -0.154. The average Bonchev–Trinajstić information content (AvgIpc) is 2.89. The number of unbranched alkanes of at least 4 members (excludes halogenated alkanes) is 14. The average molecular weight is 566 g/mol. The van der Waals surface area contributed by atoms with E-state index in [4.69, 9.17) is 14.6 Å². The third-order valence-electron chi connectivity index (χ3n) is 6.84. The van der Waals surface area contributed by atoms with Crippen molar-refractivity contribution in [3.63, 3.8) is 0 Å². The monoisotopic (exact) mass is 565 g/mol. The molecule has 0 rings (SSSR count). The van der Waals surface area contributed by atoms with Crippen LogP contribution in [0.5, 0.6) is 0 Å². The molecule has 4 atom stereocenters. The van der Waals surface area contributed by atoms with Crippen molar-refractivity contribution in [1.29, 1.82) is 0 Å². The Hall–Kier alpha value is -0.200. The largest absolute Gasteiger partial charge is 0.476 e. The Balaban J connectivity index is 4.23.